The number of hydrogen-bond donors (Lipinski definition) is 1. The third kappa shape index (κ3) is 2.85. The van der Waals surface area contributed by atoms with Gasteiger partial charge < -0.3 is 10.2 Å². The van der Waals surface area contributed by atoms with E-state index in [0.29, 0.717) is 28.7 Å². The largest absolute Gasteiger partial charge is 0.339 e. The molecule has 0 bridgehead atoms. The molecule has 21 heavy (non-hydrogen) atoms. The van der Waals surface area contributed by atoms with Crippen LogP contribution in [0.3, 0.4) is 0 Å². The molecule has 1 amide bonds. The molecule has 108 valence electrons. The molecule has 3 nitrogen and oxygen atoms in total. The van der Waals surface area contributed by atoms with Gasteiger partial charge in [0.2, 0.25) is 5.91 Å². The van der Waals surface area contributed by atoms with E-state index in [9.17, 15) is 4.79 Å². The molecule has 0 atom stereocenters. The average Bonchev–Trinajstić information content (AvgIpc) is 2.60. The van der Waals surface area contributed by atoms with Crippen molar-refractivity contribution in [2.24, 2.45) is 0 Å². The minimum Gasteiger partial charge on any atom is -0.339 e. The molecule has 0 saturated heterocycles. The summed E-state index contributed by atoms with van der Waals surface area (Å²) in [7, 11) is 0. The fraction of sp³-hybridized carbons (Fsp3) is 0.188. The van der Waals surface area contributed by atoms with Gasteiger partial charge in [0.15, 0.2) is 0 Å². The molecule has 0 saturated carbocycles. The summed E-state index contributed by atoms with van der Waals surface area (Å²) in [5, 5.41) is 3.79. The summed E-state index contributed by atoms with van der Waals surface area (Å²) >= 11 is 12.2. The Kier molecular flexibility index (Phi) is 3.79. The summed E-state index contributed by atoms with van der Waals surface area (Å²) < 4.78 is 0. The zero-order valence-electron chi connectivity index (χ0n) is 11.5. The number of anilines is 3. The molecule has 5 heteroatoms. The highest BCUT2D eigenvalue weighted by molar-refractivity contribution is 6.42. The molecule has 0 radical (unpaired) electrons. The molecule has 0 aliphatic carbocycles. The molecule has 1 aliphatic rings. The molecule has 2 aromatic carbocycles. The van der Waals surface area contributed by atoms with E-state index < -0.39 is 0 Å². The summed E-state index contributed by atoms with van der Waals surface area (Å²) in [4.78, 5) is 13.9. The molecular formula is C16H14Cl2N2O. The van der Waals surface area contributed by atoms with Gasteiger partial charge in [0, 0.05) is 18.7 Å². The van der Waals surface area contributed by atoms with Crippen LogP contribution in [-0.4, -0.2) is 12.5 Å². The number of carbonyl (C=O) groups excluding carboxylic acids is 1. The van der Waals surface area contributed by atoms with E-state index in [1.165, 1.54) is 5.56 Å². The Labute approximate surface area is 133 Å². The number of halogens is 2. The average molecular weight is 321 g/mol. The van der Waals surface area contributed by atoms with E-state index in [4.69, 9.17) is 23.2 Å². The van der Waals surface area contributed by atoms with Gasteiger partial charge in [-0.2, -0.15) is 0 Å². The van der Waals surface area contributed by atoms with Gasteiger partial charge in [-0.25, -0.2) is 0 Å². The predicted molar refractivity (Wildman–Crippen MR) is 87.9 cm³/mol. The summed E-state index contributed by atoms with van der Waals surface area (Å²) in [5.41, 5.74) is 3.76. The second kappa shape index (κ2) is 5.58. The molecule has 0 aromatic heterocycles. The van der Waals surface area contributed by atoms with E-state index >= 15 is 0 Å². The lowest BCUT2D eigenvalue weighted by Crippen LogP contribution is -2.18. The Morgan fingerprint density at radius 1 is 1.10 bits per heavy atom. The van der Waals surface area contributed by atoms with Gasteiger partial charge in [-0.1, -0.05) is 40.9 Å². The van der Waals surface area contributed by atoms with Crippen molar-refractivity contribution in [2.75, 3.05) is 16.8 Å². The number of nitrogens with one attached hydrogen (secondary N) is 1. The normalized spacial score (nSPS) is 14.4. The van der Waals surface area contributed by atoms with Crippen LogP contribution in [0.25, 0.3) is 0 Å². The van der Waals surface area contributed by atoms with E-state index in [2.05, 4.69) is 10.2 Å². The number of amides is 1. The SMILES string of the molecule is Cc1ccc(N2CCC(=O)Nc3cc(Cl)c(Cl)cc32)cc1. The minimum atomic E-state index is -0.0238. The van der Waals surface area contributed by atoms with Crippen molar-refractivity contribution in [3.05, 3.63) is 52.0 Å². The fourth-order valence-corrected chi connectivity index (χ4v) is 2.72. The van der Waals surface area contributed by atoms with Crippen LogP contribution >= 0.6 is 23.2 Å². The maximum absolute atomic E-state index is 11.9. The van der Waals surface area contributed by atoms with Crippen molar-refractivity contribution in [1.29, 1.82) is 0 Å². The maximum atomic E-state index is 11.9. The van der Waals surface area contributed by atoms with Crippen LogP contribution in [0.1, 0.15) is 12.0 Å². The lowest BCUT2D eigenvalue weighted by Gasteiger charge is -2.25. The lowest BCUT2D eigenvalue weighted by molar-refractivity contribution is -0.115. The standard InChI is InChI=1S/C16H14Cl2N2O/c1-10-2-4-11(5-3-10)20-7-6-16(21)19-14-8-12(17)13(18)9-15(14)20/h2-5,8-9H,6-7H2,1H3,(H,19,21). The monoisotopic (exact) mass is 320 g/mol. The molecule has 1 aliphatic heterocycles. The van der Waals surface area contributed by atoms with Gasteiger partial charge in [0.05, 0.1) is 21.4 Å². The first-order valence-electron chi connectivity index (χ1n) is 6.68. The molecule has 1 heterocycles. The highest BCUT2D eigenvalue weighted by Crippen LogP contribution is 2.39. The maximum Gasteiger partial charge on any atom is 0.226 e. The minimum absolute atomic E-state index is 0.0238. The zero-order valence-corrected chi connectivity index (χ0v) is 13.0. The lowest BCUT2D eigenvalue weighted by atomic mass is 10.2. The quantitative estimate of drug-likeness (QED) is 0.819. The van der Waals surface area contributed by atoms with Crippen molar-refractivity contribution in [2.45, 2.75) is 13.3 Å². The van der Waals surface area contributed by atoms with Crippen molar-refractivity contribution >= 4 is 46.2 Å². The molecule has 3 rings (SSSR count). The predicted octanol–water partition coefficient (Wildman–Crippen LogP) is 4.78. The Balaban J connectivity index is 2.12. The number of hydrogen-bond acceptors (Lipinski definition) is 2. The van der Waals surface area contributed by atoms with Crippen LogP contribution in [0.15, 0.2) is 36.4 Å². The molecule has 0 fully saturated rings. The van der Waals surface area contributed by atoms with Crippen LogP contribution in [0.2, 0.25) is 10.0 Å². The number of carbonyl (C=O) groups is 1. The van der Waals surface area contributed by atoms with Crippen molar-refractivity contribution in [1.82, 2.24) is 0 Å². The number of aryl methyl sites for hydroxylation is 1. The highest BCUT2D eigenvalue weighted by atomic mass is 35.5. The molecule has 2 aromatic rings. The highest BCUT2D eigenvalue weighted by Gasteiger charge is 2.21. The van der Waals surface area contributed by atoms with Gasteiger partial charge in [0.1, 0.15) is 0 Å². The van der Waals surface area contributed by atoms with E-state index in [1.807, 2.05) is 31.2 Å². The van der Waals surface area contributed by atoms with Gasteiger partial charge in [-0.3, -0.25) is 4.79 Å². The van der Waals surface area contributed by atoms with E-state index in [0.717, 1.165) is 11.4 Å². The third-order valence-corrected chi connectivity index (χ3v) is 4.23. The van der Waals surface area contributed by atoms with E-state index in [-0.39, 0.29) is 5.91 Å². The number of fused-ring (bicyclic) bond motifs is 1. The summed E-state index contributed by atoms with van der Waals surface area (Å²) in [5.74, 6) is -0.0238. The smallest absolute Gasteiger partial charge is 0.226 e. The third-order valence-electron chi connectivity index (χ3n) is 3.51. The molecular weight excluding hydrogens is 307 g/mol. The van der Waals surface area contributed by atoms with Crippen molar-refractivity contribution in [3.8, 4) is 0 Å². The van der Waals surface area contributed by atoms with Gasteiger partial charge in [0.25, 0.3) is 0 Å². The van der Waals surface area contributed by atoms with Crippen LogP contribution in [-0.2, 0) is 4.79 Å². The van der Waals surface area contributed by atoms with Crippen molar-refractivity contribution in [3.63, 3.8) is 0 Å². The van der Waals surface area contributed by atoms with Crippen LogP contribution in [0.4, 0.5) is 17.1 Å². The van der Waals surface area contributed by atoms with Crippen LogP contribution in [0.5, 0.6) is 0 Å². The number of rotatable bonds is 1. The zero-order chi connectivity index (χ0) is 15.0. The van der Waals surface area contributed by atoms with Crippen LogP contribution < -0.4 is 10.2 Å². The first-order chi connectivity index (χ1) is 10.0. The topological polar surface area (TPSA) is 32.3 Å². The van der Waals surface area contributed by atoms with Gasteiger partial charge >= 0.3 is 0 Å². The molecule has 1 N–H and O–H groups in total. The Morgan fingerprint density at radius 3 is 2.48 bits per heavy atom. The molecule has 0 spiro atoms. The first kappa shape index (κ1) is 14.2. The first-order valence-corrected chi connectivity index (χ1v) is 7.43. The second-order valence-electron chi connectivity index (χ2n) is 5.07. The Morgan fingerprint density at radius 2 is 1.76 bits per heavy atom. The van der Waals surface area contributed by atoms with Gasteiger partial charge in [-0.05, 0) is 31.2 Å². The van der Waals surface area contributed by atoms with E-state index in [1.54, 1.807) is 12.1 Å². The fourth-order valence-electron chi connectivity index (χ4n) is 2.40. The summed E-state index contributed by atoms with van der Waals surface area (Å²) in [6, 6.07) is 11.7. The Hall–Kier alpha value is -1.71. The number of nitrogens with zero attached hydrogens (tertiary/aromatic N) is 1. The van der Waals surface area contributed by atoms with Crippen LogP contribution in [0, 0.1) is 6.92 Å². The summed E-state index contributed by atoms with van der Waals surface area (Å²) in [6.45, 7) is 2.64. The van der Waals surface area contributed by atoms with Gasteiger partial charge in [-0.15, -0.1) is 0 Å². The van der Waals surface area contributed by atoms with Crippen molar-refractivity contribution < 1.29 is 4.79 Å². The Bertz CT molecular complexity index is 698. The summed E-state index contributed by atoms with van der Waals surface area (Å²) in [6.07, 6.45) is 0.414. The second-order valence-corrected chi connectivity index (χ2v) is 5.88. The molecule has 0 unspecified atom stereocenters. The number of benzene rings is 2.